The van der Waals surface area contributed by atoms with Crippen molar-refractivity contribution in [3.8, 4) is 5.75 Å². The number of hydrogen-bond acceptors (Lipinski definition) is 4. The summed E-state index contributed by atoms with van der Waals surface area (Å²) in [5.41, 5.74) is 0.597. The fourth-order valence-corrected chi connectivity index (χ4v) is 3.05. The van der Waals surface area contributed by atoms with Crippen LogP contribution >= 0.6 is 0 Å². The number of rotatable bonds is 5. The summed E-state index contributed by atoms with van der Waals surface area (Å²) >= 11 is 0. The van der Waals surface area contributed by atoms with Crippen molar-refractivity contribution in [2.24, 2.45) is 5.92 Å². The molecule has 1 unspecified atom stereocenters. The van der Waals surface area contributed by atoms with E-state index in [4.69, 9.17) is 4.74 Å². The molecule has 2 fully saturated rings. The molecular formula is C17H21N3O4. The summed E-state index contributed by atoms with van der Waals surface area (Å²) in [4.78, 5) is 37.9. The van der Waals surface area contributed by atoms with Gasteiger partial charge in [-0.1, -0.05) is 6.07 Å². The van der Waals surface area contributed by atoms with Crippen LogP contribution in [-0.2, 0) is 9.59 Å². The van der Waals surface area contributed by atoms with Crippen LogP contribution in [0.4, 0.5) is 10.5 Å². The smallest absolute Gasteiger partial charge is 0.325 e. The van der Waals surface area contributed by atoms with Gasteiger partial charge in [0.15, 0.2) is 0 Å². The van der Waals surface area contributed by atoms with Crippen molar-refractivity contribution in [1.82, 2.24) is 10.2 Å². The lowest BCUT2D eigenvalue weighted by Crippen LogP contribution is -2.46. The molecule has 7 heteroatoms. The van der Waals surface area contributed by atoms with E-state index in [1.165, 1.54) is 7.11 Å². The molecule has 4 amide bonds. The Hall–Kier alpha value is -2.57. The highest BCUT2D eigenvalue weighted by Gasteiger charge is 2.56. The lowest BCUT2D eigenvalue weighted by atomic mass is 9.96. The van der Waals surface area contributed by atoms with Crippen LogP contribution in [0.5, 0.6) is 5.75 Å². The van der Waals surface area contributed by atoms with Gasteiger partial charge in [-0.2, -0.15) is 0 Å². The molecule has 0 radical (unpaired) electrons. The van der Waals surface area contributed by atoms with E-state index in [-0.39, 0.29) is 18.4 Å². The summed E-state index contributed by atoms with van der Waals surface area (Å²) in [6, 6.07) is 4.88. The topological polar surface area (TPSA) is 87.7 Å². The van der Waals surface area contributed by atoms with E-state index < -0.39 is 17.5 Å². The molecule has 1 aromatic carbocycles. The number of aryl methyl sites for hydroxylation is 1. The first kappa shape index (κ1) is 16.3. The number of benzene rings is 1. The number of hydrogen-bond donors (Lipinski definition) is 2. The minimum absolute atomic E-state index is 0.166. The average molecular weight is 331 g/mol. The van der Waals surface area contributed by atoms with Gasteiger partial charge in [-0.3, -0.25) is 14.5 Å². The molecule has 1 aromatic rings. The Bertz CT molecular complexity index is 714. The van der Waals surface area contributed by atoms with Gasteiger partial charge >= 0.3 is 6.03 Å². The predicted octanol–water partition coefficient (Wildman–Crippen LogP) is 1.66. The molecule has 0 bridgehead atoms. The van der Waals surface area contributed by atoms with E-state index in [9.17, 15) is 14.4 Å². The highest BCUT2D eigenvalue weighted by Crippen LogP contribution is 2.42. The van der Waals surface area contributed by atoms with Crippen LogP contribution in [0, 0.1) is 12.8 Å². The van der Waals surface area contributed by atoms with Crippen molar-refractivity contribution in [2.75, 3.05) is 19.0 Å². The second-order valence-electron chi connectivity index (χ2n) is 6.55. The maximum absolute atomic E-state index is 12.5. The molecular weight excluding hydrogens is 310 g/mol. The van der Waals surface area contributed by atoms with Crippen LogP contribution < -0.4 is 15.4 Å². The number of carbonyl (C=O) groups is 3. The van der Waals surface area contributed by atoms with Crippen molar-refractivity contribution in [3.63, 3.8) is 0 Å². The summed E-state index contributed by atoms with van der Waals surface area (Å²) in [7, 11) is 1.51. The molecule has 1 heterocycles. The number of carbonyl (C=O) groups excluding carboxylic acids is 3. The maximum Gasteiger partial charge on any atom is 0.325 e. The highest BCUT2D eigenvalue weighted by atomic mass is 16.5. The van der Waals surface area contributed by atoms with Crippen LogP contribution in [0.2, 0.25) is 0 Å². The summed E-state index contributed by atoms with van der Waals surface area (Å²) in [6.07, 6.45) is 1.84. The number of anilines is 1. The lowest BCUT2D eigenvalue weighted by Gasteiger charge is -2.20. The molecule has 24 heavy (non-hydrogen) atoms. The number of urea groups is 1. The van der Waals surface area contributed by atoms with Crippen LogP contribution in [-0.4, -0.2) is 41.9 Å². The third-order valence-electron chi connectivity index (χ3n) is 4.63. The maximum atomic E-state index is 12.5. The van der Waals surface area contributed by atoms with Crippen molar-refractivity contribution >= 4 is 23.5 Å². The van der Waals surface area contributed by atoms with Gasteiger partial charge in [-0.25, -0.2) is 4.79 Å². The summed E-state index contributed by atoms with van der Waals surface area (Å²) < 4.78 is 5.21. The largest absolute Gasteiger partial charge is 0.495 e. The first-order valence-electron chi connectivity index (χ1n) is 7.93. The van der Waals surface area contributed by atoms with E-state index in [1.807, 2.05) is 13.0 Å². The fourth-order valence-electron chi connectivity index (χ4n) is 3.05. The summed E-state index contributed by atoms with van der Waals surface area (Å²) in [5.74, 6) is -0.0864. The Balaban J connectivity index is 1.70. The van der Waals surface area contributed by atoms with E-state index in [0.29, 0.717) is 11.4 Å². The van der Waals surface area contributed by atoms with Gasteiger partial charge < -0.3 is 15.4 Å². The number of nitrogens with one attached hydrogen (secondary N) is 2. The monoisotopic (exact) mass is 331 g/mol. The van der Waals surface area contributed by atoms with Crippen LogP contribution in [0.3, 0.4) is 0 Å². The average Bonchev–Trinajstić information content (AvgIpc) is 3.34. The predicted molar refractivity (Wildman–Crippen MR) is 87.7 cm³/mol. The normalized spacial score (nSPS) is 23.2. The second kappa shape index (κ2) is 5.81. The Labute approximate surface area is 140 Å². The summed E-state index contributed by atoms with van der Waals surface area (Å²) in [6.45, 7) is 3.31. The molecule has 1 aliphatic carbocycles. The van der Waals surface area contributed by atoms with Crippen molar-refractivity contribution < 1.29 is 19.1 Å². The minimum Gasteiger partial charge on any atom is -0.495 e. The first-order valence-corrected chi connectivity index (χ1v) is 7.93. The van der Waals surface area contributed by atoms with Crippen LogP contribution in [0.15, 0.2) is 18.2 Å². The Morgan fingerprint density at radius 3 is 2.75 bits per heavy atom. The molecule has 7 nitrogen and oxygen atoms in total. The molecule has 2 N–H and O–H groups in total. The fraction of sp³-hybridized carbons (Fsp3) is 0.471. The molecule has 1 atom stereocenters. The number of methoxy groups -OCH3 is 1. The molecule has 0 aromatic heterocycles. The molecule has 128 valence electrons. The van der Waals surface area contributed by atoms with E-state index in [2.05, 4.69) is 10.6 Å². The van der Waals surface area contributed by atoms with Gasteiger partial charge in [-0.15, -0.1) is 0 Å². The lowest BCUT2D eigenvalue weighted by molar-refractivity contribution is -0.134. The number of ether oxygens (including phenoxy) is 1. The number of amides is 4. The van der Waals surface area contributed by atoms with Gasteiger partial charge in [0.05, 0.1) is 12.8 Å². The number of nitrogens with zero attached hydrogens (tertiary/aromatic N) is 1. The standard InChI is InChI=1S/C17H21N3O4/c1-10-4-7-13(24-3)12(8-10)18-14(21)9-20-15(22)17(2,11-5-6-11)19-16(20)23/h4,7-8,11H,5-6,9H2,1-3H3,(H,18,21)(H,19,23). The molecule has 1 saturated carbocycles. The van der Waals surface area contributed by atoms with Crippen molar-refractivity contribution in [1.29, 1.82) is 0 Å². The van der Waals surface area contributed by atoms with Crippen molar-refractivity contribution in [2.45, 2.75) is 32.2 Å². The second-order valence-corrected chi connectivity index (χ2v) is 6.55. The van der Waals surface area contributed by atoms with E-state index in [0.717, 1.165) is 23.3 Å². The summed E-state index contributed by atoms with van der Waals surface area (Å²) in [5, 5.41) is 5.43. The molecule has 0 spiro atoms. The van der Waals surface area contributed by atoms with E-state index in [1.54, 1.807) is 19.1 Å². The van der Waals surface area contributed by atoms with Crippen molar-refractivity contribution in [3.05, 3.63) is 23.8 Å². The first-order chi connectivity index (χ1) is 11.3. The molecule has 1 aliphatic heterocycles. The highest BCUT2D eigenvalue weighted by molar-refractivity contribution is 6.10. The SMILES string of the molecule is COc1ccc(C)cc1NC(=O)CN1C(=O)NC(C)(C2CC2)C1=O. The zero-order valence-corrected chi connectivity index (χ0v) is 14.0. The van der Waals surface area contributed by atoms with Gasteiger partial charge in [0.2, 0.25) is 5.91 Å². The molecule has 2 aliphatic rings. The number of imide groups is 1. The van der Waals surface area contributed by atoms with Gasteiger partial charge in [-0.05, 0) is 50.3 Å². The minimum atomic E-state index is -0.877. The zero-order valence-electron chi connectivity index (χ0n) is 14.0. The third-order valence-corrected chi connectivity index (χ3v) is 4.63. The molecule has 3 rings (SSSR count). The Morgan fingerprint density at radius 2 is 2.12 bits per heavy atom. The van der Waals surface area contributed by atoms with Crippen LogP contribution in [0.1, 0.15) is 25.3 Å². The van der Waals surface area contributed by atoms with Gasteiger partial charge in [0.25, 0.3) is 5.91 Å². The van der Waals surface area contributed by atoms with Gasteiger partial charge in [0, 0.05) is 0 Å². The van der Waals surface area contributed by atoms with Gasteiger partial charge in [0.1, 0.15) is 17.8 Å². The quantitative estimate of drug-likeness (QED) is 0.803. The molecule has 1 saturated heterocycles. The Kier molecular flexibility index (Phi) is 3.95. The Morgan fingerprint density at radius 1 is 1.42 bits per heavy atom. The van der Waals surface area contributed by atoms with E-state index >= 15 is 0 Å². The van der Waals surface area contributed by atoms with Crippen LogP contribution in [0.25, 0.3) is 0 Å². The zero-order chi connectivity index (χ0) is 17.5. The third kappa shape index (κ3) is 2.81.